The second-order valence-electron chi connectivity index (χ2n) is 4.98. The van der Waals surface area contributed by atoms with Crippen LogP contribution in [0.2, 0.25) is 0 Å². The second kappa shape index (κ2) is 10.8. The number of rotatable bonds is 12. The molecule has 0 spiro atoms. The minimum atomic E-state index is -3.63. The SMILES string of the molecule is COOSc1cc([N+](=O)[O-])c(C(N)=O)cc1N(CCBr)CCOS(C)(=O)=O. The van der Waals surface area contributed by atoms with Gasteiger partial charge in [-0.3, -0.25) is 19.1 Å². The Morgan fingerprint density at radius 1 is 1.41 bits per heavy atom. The largest absolute Gasteiger partial charge is 0.367 e. The van der Waals surface area contributed by atoms with Gasteiger partial charge in [0, 0.05) is 24.5 Å². The molecular formula is C13H18BrN3O8S2. The topological polar surface area (TPSA) is 151 Å². The Hall–Kier alpha value is -1.45. The molecule has 14 heteroatoms. The molecular weight excluding hydrogens is 470 g/mol. The van der Waals surface area contributed by atoms with E-state index in [2.05, 4.69) is 20.8 Å². The number of halogens is 1. The standard InChI is InChI=1S/C13H18BrN3O8S2/c1-23-25-26-12-8-10(17(19)20)9(13(15)18)7-11(12)16(4-3-14)5-6-24-27(2,21)22/h7-8H,3-6H2,1-2H3,(H2,15,18). The summed E-state index contributed by atoms with van der Waals surface area (Å²) in [5.74, 6) is -0.974. The Morgan fingerprint density at radius 2 is 2.07 bits per heavy atom. The van der Waals surface area contributed by atoms with E-state index in [1.165, 1.54) is 13.2 Å². The van der Waals surface area contributed by atoms with Crippen molar-refractivity contribution < 1.29 is 31.5 Å². The fourth-order valence-electron chi connectivity index (χ4n) is 2.04. The molecule has 0 bridgehead atoms. The Morgan fingerprint density at radius 3 is 2.56 bits per heavy atom. The van der Waals surface area contributed by atoms with Crippen LogP contribution in [0.1, 0.15) is 10.4 Å². The normalized spacial score (nSPS) is 11.4. The molecule has 0 aliphatic rings. The van der Waals surface area contributed by atoms with Crippen molar-refractivity contribution in [1.82, 2.24) is 0 Å². The summed E-state index contributed by atoms with van der Waals surface area (Å²) in [5.41, 5.74) is 4.86. The zero-order valence-electron chi connectivity index (χ0n) is 14.4. The number of primary amides is 1. The van der Waals surface area contributed by atoms with Crippen LogP contribution in [-0.2, 0) is 23.5 Å². The molecule has 1 aromatic carbocycles. The monoisotopic (exact) mass is 487 g/mol. The van der Waals surface area contributed by atoms with Crippen molar-refractivity contribution in [2.75, 3.05) is 43.3 Å². The van der Waals surface area contributed by atoms with Gasteiger partial charge >= 0.3 is 0 Å². The Balaban J connectivity index is 3.36. The zero-order chi connectivity index (χ0) is 20.6. The maximum atomic E-state index is 11.7. The molecule has 0 saturated carbocycles. The van der Waals surface area contributed by atoms with Gasteiger partial charge in [0.1, 0.15) is 5.56 Å². The Labute approximate surface area is 168 Å². The summed E-state index contributed by atoms with van der Waals surface area (Å²) in [6.45, 7) is 0.336. The van der Waals surface area contributed by atoms with Gasteiger partial charge in [-0.1, -0.05) is 15.9 Å². The number of nitrogens with two attached hydrogens (primary N) is 1. The third-order valence-electron chi connectivity index (χ3n) is 3.09. The third-order valence-corrected chi connectivity index (χ3v) is 4.75. The van der Waals surface area contributed by atoms with E-state index in [-0.39, 0.29) is 23.6 Å². The van der Waals surface area contributed by atoms with Crippen molar-refractivity contribution in [3.63, 3.8) is 0 Å². The predicted molar refractivity (Wildman–Crippen MR) is 102 cm³/mol. The van der Waals surface area contributed by atoms with Crippen LogP contribution in [0.4, 0.5) is 11.4 Å². The van der Waals surface area contributed by atoms with Crippen LogP contribution in [-0.4, -0.2) is 57.6 Å². The average molecular weight is 488 g/mol. The van der Waals surface area contributed by atoms with Crippen molar-refractivity contribution in [3.05, 3.63) is 27.8 Å². The Kier molecular flexibility index (Phi) is 9.41. The van der Waals surface area contributed by atoms with Crippen LogP contribution in [0.15, 0.2) is 17.0 Å². The van der Waals surface area contributed by atoms with E-state index < -0.39 is 26.6 Å². The number of hydrogen-bond donors (Lipinski definition) is 1. The molecule has 0 aromatic heterocycles. The van der Waals surface area contributed by atoms with E-state index in [1.807, 2.05) is 0 Å². The van der Waals surface area contributed by atoms with Gasteiger partial charge in [-0.15, -0.1) is 0 Å². The van der Waals surface area contributed by atoms with E-state index >= 15 is 0 Å². The molecule has 0 atom stereocenters. The first-order valence-corrected chi connectivity index (χ1v) is 10.9. The number of benzene rings is 1. The molecule has 0 aliphatic heterocycles. The maximum Gasteiger partial charge on any atom is 0.283 e. The number of anilines is 1. The molecule has 1 aromatic rings. The smallest absolute Gasteiger partial charge is 0.283 e. The van der Waals surface area contributed by atoms with E-state index in [9.17, 15) is 23.3 Å². The molecule has 2 N–H and O–H groups in total. The highest BCUT2D eigenvalue weighted by molar-refractivity contribution is 9.09. The number of carbonyl (C=O) groups is 1. The summed E-state index contributed by atoms with van der Waals surface area (Å²) < 4.78 is 31.8. The number of amides is 1. The summed E-state index contributed by atoms with van der Waals surface area (Å²) in [7, 11) is -2.37. The molecule has 0 aliphatic carbocycles. The number of nitro groups is 1. The van der Waals surface area contributed by atoms with Gasteiger partial charge in [-0.05, 0) is 6.07 Å². The predicted octanol–water partition coefficient (Wildman–Crippen LogP) is 1.46. The molecule has 1 amide bonds. The van der Waals surface area contributed by atoms with Gasteiger partial charge in [-0.2, -0.15) is 12.8 Å². The lowest BCUT2D eigenvalue weighted by Crippen LogP contribution is -2.31. The molecule has 0 heterocycles. The minimum Gasteiger partial charge on any atom is -0.367 e. The summed E-state index contributed by atoms with van der Waals surface area (Å²) in [5, 5.41) is 11.7. The van der Waals surface area contributed by atoms with Crippen LogP contribution in [0.3, 0.4) is 0 Å². The number of carbonyl (C=O) groups excluding carboxylic acids is 1. The quantitative estimate of drug-likeness (QED) is 0.114. The molecule has 0 radical (unpaired) electrons. The molecule has 27 heavy (non-hydrogen) atoms. The van der Waals surface area contributed by atoms with Crippen molar-refractivity contribution in [1.29, 1.82) is 0 Å². The van der Waals surface area contributed by atoms with Gasteiger partial charge in [0.25, 0.3) is 21.7 Å². The highest BCUT2D eigenvalue weighted by Gasteiger charge is 2.25. The molecule has 0 saturated heterocycles. The third kappa shape index (κ3) is 7.59. The van der Waals surface area contributed by atoms with Crippen molar-refractivity contribution in [2.24, 2.45) is 5.73 Å². The van der Waals surface area contributed by atoms with Crippen molar-refractivity contribution in [2.45, 2.75) is 4.90 Å². The van der Waals surface area contributed by atoms with E-state index in [4.69, 9.17) is 14.3 Å². The minimum absolute atomic E-state index is 0.120. The van der Waals surface area contributed by atoms with Crippen LogP contribution < -0.4 is 10.6 Å². The lowest BCUT2D eigenvalue weighted by Gasteiger charge is -2.26. The number of nitrogens with zero attached hydrogens (tertiary/aromatic N) is 2. The van der Waals surface area contributed by atoms with Crippen molar-refractivity contribution >= 4 is 55.4 Å². The van der Waals surface area contributed by atoms with Gasteiger partial charge < -0.3 is 10.6 Å². The molecule has 11 nitrogen and oxygen atoms in total. The van der Waals surface area contributed by atoms with Gasteiger partial charge in [0.05, 0.1) is 47.5 Å². The molecule has 152 valence electrons. The lowest BCUT2D eigenvalue weighted by atomic mass is 10.1. The van der Waals surface area contributed by atoms with Crippen molar-refractivity contribution in [3.8, 4) is 0 Å². The highest BCUT2D eigenvalue weighted by atomic mass is 79.9. The summed E-state index contributed by atoms with van der Waals surface area (Å²) >= 11 is 3.98. The molecule has 1 rings (SSSR count). The first-order chi connectivity index (χ1) is 12.6. The molecule has 0 unspecified atom stereocenters. The zero-order valence-corrected chi connectivity index (χ0v) is 17.6. The molecule has 0 fully saturated rings. The fraction of sp³-hybridized carbons (Fsp3) is 0.462. The summed E-state index contributed by atoms with van der Waals surface area (Å²) in [6, 6.07) is 2.39. The Bertz CT molecular complexity index is 790. The van der Waals surface area contributed by atoms with E-state index in [0.29, 0.717) is 29.6 Å². The van der Waals surface area contributed by atoms with Crippen LogP contribution in [0, 0.1) is 10.1 Å². The summed E-state index contributed by atoms with van der Waals surface area (Å²) in [4.78, 5) is 28.6. The number of alkyl halides is 1. The van der Waals surface area contributed by atoms with Gasteiger partial charge in [-0.25, -0.2) is 4.89 Å². The number of hydrogen-bond acceptors (Lipinski definition) is 10. The van der Waals surface area contributed by atoms with E-state index in [0.717, 1.165) is 12.3 Å². The number of nitro benzene ring substituents is 1. The first kappa shape index (κ1) is 23.6. The average Bonchev–Trinajstić information content (AvgIpc) is 2.57. The first-order valence-electron chi connectivity index (χ1n) is 7.25. The second-order valence-corrected chi connectivity index (χ2v) is 8.16. The van der Waals surface area contributed by atoms with Crippen LogP contribution in [0.25, 0.3) is 0 Å². The fourth-order valence-corrected chi connectivity index (χ4v) is 3.42. The van der Waals surface area contributed by atoms with Crippen LogP contribution >= 0.6 is 28.0 Å². The highest BCUT2D eigenvalue weighted by Crippen LogP contribution is 2.36. The van der Waals surface area contributed by atoms with Gasteiger partial charge in [0.15, 0.2) is 0 Å². The maximum absolute atomic E-state index is 11.7. The van der Waals surface area contributed by atoms with Gasteiger partial charge in [0.2, 0.25) is 0 Å². The lowest BCUT2D eigenvalue weighted by molar-refractivity contribution is -0.385. The van der Waals surface area contributed by atoms with Crippen LogP contribution in [0.5, 0.6) is 0 Å². The summed E-state index contributed by atoms with van der Waals surface area (Å²) in [6.07, 6.45) is 0.923. The van der Waals surface area contributed by atoms with E-state index in [1.54, 1.807) is 4.90 Å².